The van der Waals surface area contributed by atoms with Gasteiger partial charge in [0.05, 0.1) is 15.9 Å². The number of amides is 2. The second kappa shape index (κ2) is 8.49. The Morgan fingerprint density at radius 3 is 2.96 bits per heavy atom. The Morgan fingerprint density at radius 2 is 2.16 bits per heavy atom. The molecule has 3 rings (SSSR count). The van der Waals surface area contributed by atoms with Gasteiger partial charge in [-0.3, -0.25) is 9.59 Å². The Kier molecular flexibility index (Phi) is 6.09. The standard InChI is InChI=1S/C18H21N3O2S2/c1-12-11-24-17(20-12)8-4-5-9-19-16(22)10-15-18(23)21-13-6-2-3-7-14(13)25-15/h2-3,6-7,11,15H,4-5,8-10H2,1H3,(H,19,22)(H,21,23)/t15-/m1/s1. The second-order valence-corrected chi connectivity index (χ2v) is 8.17. The summed E-state index contributed by atoms with van der Waals surface area (Å²) in [5.41, 5.74) is 1.89. The van der Waals surface area contributed by atoms with Crippen LogP contribution in [0, 0.1) is 6.92 Å². The maximum absolute atomic E-state index is 12.1. The number of aryl methyl sites for hydroxylation is 2. The Bertz CT molecular complexity index is 760. The molecule has 0 fully saturated rings. The summed E-state index contributed by atoms with van der Waals surface area (Å²) >= 11 is 3.14. The highest BCUT2D eigenvalue weighted by Crippen LogP contribution is 2.36. The predicted octanol–water partition coefficient (Wildman–Crippen LogP) is 3.39. The molecule has 2 amide bonds. The molecule has 7 heteroatoms. The molecule has 1 aromatic heterocycles. The Morgan fingerprint density at radius 1 is 1.32 bits per heavy atom. The predicted molar refractivity (Wildman–Crippen MR) is 102 cm³/mol. The molecule has 0 radical (unpaired) electrons. The van der Waals surface area contributed by atoms with E-state index >= 15 is 0 Å². The van der Waals surface area contributed by atoms with E-state index in [-0.39, 0.29) is 23.5 Å². The average Bonchev–Trinajstić information content (AvgIpc) is 3.00. The number of rotatable bonds is 7. The van der Waals surface area contributed by atoms with Gasteiger partial charge in [-0.15, -0.1) is 23.1 Å². The van der Waals surface area contributed by atoms with Crippen LogP contribution < -0.4 is 10.6 Å². The Balaban J connectivity index is 1.37. The molecule has 1 atom stereocenters. The summed E-state index contributed by atoms with van der Waals surface area (Å²) in [7, 11) is 0. The number of carbonyl (C=O) groups excluding carboxylic acids is 2. The number of carbonyl (C=O) groups is 2. The fourth-order valence-corrected chi connectivity index (χ4v) is 4.54. The molecule has 0 saturated heterocycles. The van der Waals surface area contributed by atoms with E-state index < -0.39 is 0 Å². The van der Waals surface area contributed by atoms with Crippen LogP contribution in [0.3, 0.4) is 0 Å². The number of hydrogen-bond donors (Lipinski definition) is 2. The summed E-state index contributed by atoms with van der Waals surface area (Å²) < 4.78 is 0. The number of anilines is 1. The molecule has 0 unspecified atom stereocenters. The third kappa shape index (κ3) is 5.06. The number of hydrogen-bond acceptors (Lipinski definition) is 5. The first kappa shape index (κ1) is 17.9. The summed E-state index contributed by atoms with van der Waals surface area (Å²) in [5.74, 6) is -0.171. The summed E-state index contributed by atoms with van der Waals surface area (Å²) in [6.45, 7) is 2.64. The minimum absolute atomic E-state index is 0.0721. The van der Waals surface area contributed by atoms with Crippen molar-refractivity contribution in [3.8, 4) is 0 Å². The number of thioether (sulfide) groups is 1. The van der Waals surface area contributed by atoms with Crippen molar-refractivity contribution in [2.45, 2.75) is 42.8 Å². The van der Waals surface area contributed by atoms with E-state index in [0.29, 0.717) is 6.54 Å². The van der Waals surface area contributed by atoms with E-state index in [1.807, 2.05) is 31.2 Å². The Hall–Kier alpha value is -1.86. The minimum atomic E-state index is -0.367. The van der Waals surface area contributed by atoms with Gasteiger partial charge in [-0.05, 0) is 38.3 Å². The van der Waals surface area contributed by atoms with Crippen LogP contribution in [0.15, 0.2) is 34.5 Å². The van der Waals surface area contributed by atoms with Gasteiger partial charge in [0.2, 0.25) is 11.8 Å². The van der Waals surface area contributed by atoms with Crippen LogP contribution in [0.25, 0.3) is 0 Å². The van der Waals surface area contributed by atoms with Crippen molar-refractivity contribution in [1.82, 2.24) is 10.3 Å². The molecule has 2 aromatic rings. The topological polar surface area (TPSA) is 71.1 Å². The van der Waals surface area contributed by atoms with Crippen LogP contribution >= 0.6 is 23.1 Å². The van der Waals surface area contributed by atoms with Gasteiger partial charge in [0, 0.05) is 28.9 Å². The maximum Gasteiger partial charge on any atom is 0.238 e. The maximum atomic E-state index is 12.1. The first-order chi connectivity index (χ1) is 12.1. The largest absolute Gasteiger partial charge is 0.356 e. The number of para-hydroxylation sites is 1. The van der Waals surface area contributed by atoms with E-state index in [2.05, 4.69) is 21.0 Å². The SMILES string of the molecule is Cc1csc(CCCCNC(=O)C[C@H]2Sc3ccccc3NC2=O)n1. The van der Waals surface area contributed by atoms with Crippen LogP contribution in [-0.4, -0.2) is 28.6 Å². The molecule has 0 saturated carbocycles. The molecule has 132 valence electrons. The highest BCUT2D eigenvalue weighted by Gasteiger charge is 2.28. The lowest BCUT2D eigenvalue weighted by Crippen LogP contribution is -2.35. The number of benzene rings is 1. The highest BCUT2D eigenvalue weighted by atomic mass is 32.2. The van der Waals surface area contributed by atoms with Gasteiger partial charge in [-0.1, -0.05) is 12.1 Å². The monoisotopic (exact) mass is 375 g/mol. The van der Waals surface area contributed by atoms with E-state index in [4.69, 9.17) is 0 Å². The lowest BCUT2D eigenvalue weighted by Gasteiger charge is -2.23. The normalized spacial score (nSPS) is 16.2. The Labute approximate surface area is 155 Å². The summed E-state index contributed by atoms with van der Waals surface area (Å²) in [6.07, 6.45) is 3.07. The first-order valence-corrected chi connectivity index (χ1v) is 10.1. The van der Waals surface area contributed by atoms with Gasteiger partial charge in [0.25, 0.3) is 0 Å². The third-order valence-electron chi connectivity index (χ3n) is 3.88. The molecule has 0 bridgehead atoms. The van der Waals surface area contributed by atoms with Crippen LogP contribution in [0.4, 0.5) is 5.69 Å². The molecular formula is C18H21N3O2S2. The molecule has 0 aliphatic carbocycles. The molecule has 5 nitrogen and oxygen atoms in total. The zero-order valence-corrected chi connectivity index (χ0v) is 15.7. The van der Waals surface area contributed by atoms with Gasteiger partial charge < -0.3 is 10.6 Å². The van der Waals surface area contributed by atoms with E-state index in [1.54, 1.807) is 11.3 Å². The molecule has 1 aromatic carbocycles. The van der Waals surface area contributed by atoms with Crippen LogP contribution in [0.1, 0.15) is 30.0 Å². The van der Waals surface area contributed by atoms with Gasteiger partial charge in [0.1, 0.15) is 0 Å². The number of nitrogens with zero attached hydrogens (tertiary/aromatic N) is 1. The number of thiazole rings is 1. The van der Waals surface area contributed by atoms with Crippen molar-refractivity contribution < 1.29 is 9.59 Å². The molecule has 2 heterocycles. The number of nitrogens with one attached hydrogen (secondary N) is 2. The number of fused-ring (bicyclic) bond motifs is 1. The van der Waals surface area contributed by atoms with Crippen molar-refractivity contribution in [2.75, 3.05) is 11.9 Å². The first-order valence-electron chi connectivity index (χ1n) is 8.36. The van der Waals surface area contributed by atoms with Crippen molar-refractivity contribution in [1.29, 1.82) is 0 Å². The van der Waals surface area contributed by atoms with Gasteiger partial charge in [-0.2, -0.15) is 0 Å². The van der Waals surface area contributed by atoms with E-state index in [1.165, 1.54) is 11.8 Å². The van der Waals surface area contributed by atoms with Crippen LogP contribution in [-0.2, 0) is 16.0 Å². The van der Waals surface area contributed by atoms with Crippen LogP contribution in [0.5, 0.6) is 0 Å². The molecule has 0 spiro atoms. The minimum Gasteiger partial charge on any atom is -0.356 e. The van der Waals surface area contributed by atoms with Crippen molar-refractivity contribution in [3.63, 3.8) is 0 Å². The second-order valence-electron chi connectivity index (χ2n) is 5.99. The molecule has 1 aliphatic heterocycles. The molecule has 1 aliphatic rings. The third-order valence-corrected chi connectivity index (χ3v) is 6.19. The molecule has 2 N–H and O–H groups in total. The number of aromatic nitrogens is 1. The van der Waals surface area contributed by atoms with Crippen molar-refractivity contribution in [3.05, 3.63) is 40.3 Å². The van der Waals surface area contributed by atoms with Gasteiger partial charge in [-0.25, -0.2) is 4.98 Å². The van der Waals surface area contributed by atoms with Gasteiger partial charge >= 0.3 is 0 Å². The van der Waals surface area contributed by atoms with E-state index in [0.717, 1.165) is 40.5 Å². The van der Waals surface area contributed by atoms with Gasteiger partial charge in [0.15, 0.2) is 0 Å². The smallest absolute Gasteiger partial charge is 0.238 e. The quantitative estimate of drug-likeness (QED) is 0.728. The lowest BCUT2D eigenvalue weighted by atomic mass is 10.2. The zero-order chi connectivity index (χ0) is 17.6. The summed E-state index contributed by atoms with van der Waals surface area (Å²) in [4.78, 5) is 29.6. The van der Waals surface area contributed by atoms with Crippen molar-refractivity contribution in [2.24, 2.45) is 0 Å². The van der Waals surface area contributed by atoms with Crippen molar-refractivity contribution >= 4 is 40.6 Å². The fraction of sp³-hybridized carbons (Fsp3) is 0.389. The molecule has 25 heavy (non-hydrogen) atoms. The summed E-state index contributed by atoms with van der Waals surface area (Å²) in [5, 5.41) is 8.62. The fourth-order valence-electron chi connectivity index (χ4n) is 2.61. The molecular weight excluding hydrogens is 354 g/mol. The van der Waals surface area contributed by atoms with E-state index in [9.17, 15) is 9.59 Å². The van der Waals surface area contributed by atoms with Crippen LogP contribution in [0.2, 0.25) is 0 Å². The average molecular weight is 376 g/mol. The highest BCUT2D eigenvalue weighted by molar-refractivity contribution is 8.01. The zero-order valence-electron chi connectivity index (χ0n) is 14.1. The number of unbranched alkanes of at least 4 members (excludes halogenated alkanes) is 1. The summed E-state index contributed by atoms with van der Waals surface area (Å²) in [6, 6.07) is 7.66. The lowest BCUT2D eigenvalue weighted by molar-refractivity contribution is -0.124.